The molecule has 0 radical (unpaired) electrons. The molecule has 0 aliphatic rings. The number of thiophene rings is 1. The molecule has 1 N–H and O–H groups in total. The number of benzene rings is 1. The van der Waals surface area contributed by atoms with Gasteiger partial charge in [0.15, 0.2) is 6.10 Å². The van der Waals surface area contributed by atoms with Gasteiger partial charge in [0, 0.05) is 15.4 Å². The SMILES string of the molecule is Cc1cc(C)c(NC(=O)[C@@H](C)OC(=O)c2cc(C)sc2C)c(C)c1. The fourth-order valence-electron chi connectivity index (χ4n) is 2.71. The Hall–Kier alpha value is -2.14. The third kappa shape index (κ3) is 4.03. The zero-order chi connectivity index (χ0) is 18.0. The van der Waals surface area contributed by atoms with Crippen LogP contribution in [0, 0.1) is 34.6 Å². The van der Waals surface area contributed by atoms with Gasteiger partial charge in [0.25, 0.3) is 5.91 Å². The molecule has 0 saturated carbocycles. The molecule has 1 aromatic heterocycles. The number of hydrogen-bond acceptors (Lipinski definition) is 4. The fourth-order valence-corrected chi connectivity index (χ4v) is 3.63. The number of carbonyl (C=O) groups is 2. The first kappa shape index (κ1) is 18.2. The molecule has 1 atom stereocenters. The van der Waals surface area contributed by atoms with E-state index in [2.05, 4.69) is 5.32 Å². The number of carbonyl (C=O) groups excluding carboxylic acids is 2. The molecule has 0 saturated heterocycles. The van der Waals surface area contributed by atoms with Crippen molar-refractivity contribution < 1.29 is 14.3 Å². The lowest BCUT2D eigenvalue weighted by molar-refractivity contribution is -0.123. The second kappa shape index (κ2) is 7.18. The van der Waals surface area contributed by atoms with Gasteiger partial charge in [-0.2, -0.15) is 0 Å². The van der Waals surface area contributed by atoms with E-state index in [4.69, 9.17) is 4.74 Å². The zero-order valence-electron chi connectivity index (χ0n) is 14.9. The van der Waals surface area contributed by atoms with Crippen LogP contribution in [0.15, 0.2) is 18.2 Å². The second-order valence-electron chi connectivity index (χ2n) is 6.14. The van der Waals surface area contributed by atoms with Gasteiger partial charge in [0.1, 0.15) is 0 Å². The fraction of sp³-hybridized carbons (Fsp3) is 0.368. The van der Waals surface area contributed by atoms with E-state index in [1.54, 1.807) is 13.0 Å². The molecule has 0 aliphatic heterocycles. The van der Waals surface area contributed by atoms with Crippen LogP contribution in [0.25, 0.3) is 0 Å². The Morgan fingerprint density at radius 2 is 1.62 bits per heavy atom. The molecule has 0 spiro atoms. The predicted octanol–water partition coefficient (Wildman–Crippen LogP) is 4.47. The first-order valence-electron chi connectivity index (χ1n) is 7.85. The minimum atomic E-state index is -0.864. The van der Waals surface area contributed by atoms with Gasteiger partial charge in [-0.3, -0.25) is 4.79 Å². The van der Waals surface area contributed by atoms with Gasteiger partial charge in [0.05, 0.1) is 5.56 Å². The molecule has 0 unspecified atom stereocenters. The number of nitrogens with one attached hydrogen (secondary N) is 1. The first-order chi connectivity index (χ1) is 11.2. The van der Waals surface area contributed by atoms with Crippen molar-refractivity contribution in [1.29, 1.82) is 0 Å². The summed E-state index contributed by atoms with van der Waals surface area (Å²) in [4.78, 5) is 26.5. The standard InChI is InChI=1S/C19H23NO3S/c1-10-7-11(2)17(12(3)8-10)20-18(21)14(5)23-19(22)16-9-13(4)24-15(16)6/h7-9,14H,1-6H3,(H,20,21)/t14-/m1/s1. The number of hydrogen-bond donors (Lipinski definition) is 1. The molecule has 24 heavy (non-hydrogen) atoms. The Bertz CT molecular complexity index is 769. The van der Waals surface area contributed by atoms with Crippen LogP contribution >= 0.6 is 11.3 Å². The van der Waals surface area contributed by atoms with Crippen molar-refractivity contribution in [2.45, 2.75) is 47.6 Å². The molecule has 0 fully saturated rings. The summed E-state index contributed by atoms with van der Waals surface area (Å²) in [5.74, 6) is -0.792. The maximum atomic E-state index is 12.4. The summed E-state index contributed by atoms with van der Waals surface area (Å²) in [6.45, 7) is 11.3. The maximum Gasteiger partial charge on any atom is 0.340 e. The lowest BCUT2D eigenvalue weighted by Gasteiger charge is -2.17. The predicted molar refractivity (Wildman–Crippen MR) is 98.0 cm³/mol. The molecule has 5 heteroatoms. The number of aryl methyl sites for hydroxylation is 5. The van der Waals surface area contributed by atoms with Gasteiger partial charge in [-0.05, 0) is 58.7 Å². The number of anilines is 1. The van der Waals surface area contributed by atoms with E-state index in [1.165, 1.54) is 11.3 Å². The largest absolute Gasteiger partial charge is 0.449 e. The molecule has 0 aliphatic carbocycles. The van der Waals surface area contributed by atoms with E-state index in [1.807, 2.05) is 46.8 Å². The summed E-state index contributed by atoms with van der Waals surface area (Å²) in [6.07, 6.45) is -0.864. The van der Waals surface area contributed by atoms with Crippen LogP contribution in [0.5, 0.6) is 0 Å². The van der Waals surface area contributed by atoms with Crippen molar-refractivity contribution in [3.63, 3.8) is 0 Å². The molecular weight excluding hydrogens is 322 g/mol. The van der Waals surface area contributed by atoms with E-state index >= 15 is 0 Å². The van der Waals surface area contributed by atoms with Gasteiger partial charge < -0.3 is 10.1 Å². The van der Waals surface area contributed by atoms with E-state index in [9.17, 15) is 9.59 Å². The summed E-state index contributed by atoms with van der Waals surface area (Å²) in [7, 11) is 0. The molecule has 2 aromatic rings. The van der Waals surface area contributed by atoms with Gasteiger partial charge in [0.2, 0.25) is 0 Å². The first-order valence-corrected chi connectivity index (χ1v) is 8.67. The van der Waals surface area contributed by atoms with Crippen LogP contribution in [0.3, 0.4) is 0 Å². The van der Waals surface area contributed by atoms with Gasteiger partial charge in [-0.1, -0.05) is 17.7 Å². The smallest absolute Gasteiger partial charge is 0.340 e. The Morgan fingerprint density at radius 3 is 2.12 bits per heavy atom. The highest BCUT2D eigenvalue weighted by atomic mass is 32.1. The Kier molecular flexibility index (Phi) is 5.44. The van der Waals surface area contributed by atoms with Crippen LogP contribution < -0.4 is 5.32 Å². The molecule has 128 valence electrons. The minimum absolute atomic E-state index is 0.331. The molecule has 1 heterocycles. The van der Waals surface area contributed by atoms with Crippen molar-refractivity contribution in [3.8, 4) is 0 Å². The maximum absolute atomic E-state index is 12.4. The normalized spacial score (nSPS) is 11.9. The van der Waals surface area contributed by atoms with Crippen molar-refractivity contribution in [3.05, 3.63) is 50.2 Å². The second-order valence-corrected chi connectivity index (χ2v) is 7.60. The Balaban J connectivity index is 2.08. The number of amides is 1. The quantitative estimate of drug-likeness (QED) is 0.832. The molecular formula is C19H23NO3S. The van der Waals surface area contributed by atoms with Crippen LogP contribution in [0.2, 0.25) is 0 Å². The molecule has 0 bridgehead atoms. The molecule has 2 rings (SSSR count). The van der Waals surface area contributed by atoms with E-state index < -0.39 is 12.1 Å². The van der Waals surface area contributed by atoms with E-state index in [0.717, 1.165) is 32.1 Å². The highest BCUT2D eigenvalue weighted by Crippen LogP contribution is 2.23. The number of ether oxygens (including phenoxy) is 1. The third-order valence-electron chi connectivity index (χ3n) is 3.84. The average molecular weight is 345 g/mol. The average Bonchev–Trinajstić information content (AvgIpc) is 2.81. The van der Waals surface area contributed by atoms with Crippen LogP contribution in [0.4, 0.5) is 5.69 Å². The molecule has 4 nitrogen and oxygen atoms in total. The van der Waals surface area contributed by atoms with Crippen LogP contribution in [0.1, 0.15) is 43.7 Å². The Morgan fingerprint density at radius 1 is 1.04 bits per heavy atom. The van der Waals surface area contributed by atoms with E-state index in [0.29, 0.717) is 5.56 Å². The lowest BCUT2D eigenvalue weighted by Crippen LogP contribution is -2.30. The van der Waals surface area contributed by atoms with Crippen molar-refractivity contribution in [1.82, 2.24) is 0 Å². The summed E-state index contributed by atoms with van der Waals surface area (Å²) in [5.41, 5.74) is 4.43. The highest BCUT2D eigenvalue weighted by molar-refractivity contribution is 7.12. The molecule has 1 amide bonds. The van der Waals surface area contributed by atoms with Crippen molar-refractivity contribution in [2.75, 3.05) is 5.32 Å². The summed E-state index contributed by atoms with van der Waals surface area (Å²) >= 11 is 1.54. The van der Waals surface area contributed by atoms with Gasteiger partial charge >= 0.3 is 5.97 Å². The third-order valence-corrected chi connectivity index (χ3v) is 4.81. The van der Waals surface area contributed by atoms with Crippen LogP contribution in [-0.2, 0) is 9.53 Å². The topological polar surface area (TPSA) is 55.4 Å². The Labute approximate surface area is 146 Å². The van der Waals surface area contributed by atoms with Gasteiger partial charge in [-0.15, -0.1) is 11.3 Å². The lowest BCUT2D eigenvalue weighted by atomic mass is 10.0. The molecule has 1 aromatic carbocycles. The zero-order valence-corrected chi connectivity index (χ0v) is 15.8. The van der Waals surface area contributed by atoms with E-state index in [-0.39, 0.29) is 5.91 Å². The highest BCUT2D eigenvalue weighted by Gasteiger charge is 2.22. The minimum Gasteiger partial charge on any atom is -0.449 e. The van der Waals surface area contributed by atoms with Crippen LogP contribution in [-0.4, -0.2) is 18.0 Å². The number of esters is 1. The van der Waals surface area contributed by atoms with Gasteiger partial charge in [-0.25, -0.2) is 4.79 Å². The monoisotopic (exact) mass is 345 g/mol. The summed E-state index contributed by atoms with van der Waals surface area (Å²) < 4.78 is 5.32. The summed E-state index contributed by atoms with van der Waals surface area (Å²) in [5, 5.41) is 2.87. The summed E-state index contributed by atoms with van der Waals surface area (Å²) in [6, 6.07) is 5.81. The van der Waals surface area contributed by atoms with Crippen molar-refractivity contribution in [2.24, 2.45) is 0 Å². The van der Waals surface area contributed by atoms with Crippen molar-refractivity contribution >= 4 is 28.9 Å². The number of rotatable bonds is 4.